The van der Waals surface area contributed by atoms with Crippen LogP contribution in [-0.2, 0) is 18.9 Å². The van der Waals surface area contributed by atoms with Crippen molar-refractivity contribution in [3.63, 3.8) is 0 Å². The highest BCUT2D eigenvalue weighted by atomic mass is 16.7. The molecule has 0 aromatic heterocycles. The van der Waals surface area contributed by atoms with Gasteiger partial charge in [0.2, 0.25) is 11.6 Å². The van der Waals surface area contributed by atoms with Crippen LogP contribution < -0.4 is 0 Å². The number of aryl methyl sites for hydroxylation is 2. The summed E-state index contributed by atoms with van der Waals surface area (Å²) >= 11 is 0. The summed E-state index contributed by atoms with van der Waals surface area (Å²) in [5.41, 5.74) is 4.36. The molecule has 0 spiro atoms. The van der Waals surface area contributed by atoms with Gasteiger partial charge in [0, 0.05) is 34.0 Å². The van der Waals surface area contributed by atoms with E-state index in [1.165, 1.54) is 11.1 Å². The predicted octanol–water partition coefficient (Wildman–Crippen LogP) is 3.79. The number of hydrogen-bond acceptors (Lipinski definition) is 4. The summed E-state index contributed by atoms with van der Waals surface area (Å²) in [6.07, 6.45) is 9.46. The Morgan fingerprint density at radius 1 is 0.750 bits per heavy atom. The standard InChI is InChI=1S/C20H26O4/c1-15-11-16(2)13-17(12-15)7-8-18-14-19(21-3,22-4)9-10-20(18,23-5)24-6/h7-14H,1-6H3/b8-7+. The SMILES string of the molecule is COC1(OC)C=CC(OC)(OC)C(/C=C/c2cc(C)cc(C)c2)=C1. The Bertz CT molecular complexity index is 642. The molecule has 4 heteroatoms. The quantitative estimate of drug-likeness (QED) is 0.587. The molecule has 0 N–H and O–H groups in total. The minimum absolute atomic E-state index is 0.804. The first-order chi connectivity index (χ1) is 11.4. The number of rotatable bonds is 6. The maximum Gasteiger partial charge on any atom is 0.214 e. The lowest BCUT2D eigenvalue weighted by molar-refractivity contribution is -0.164. The van der Waals surface area contributed by atoms with Gasteiger partial charge < -0.3 is 18.9 Å². The van der Waals surface area contributed by atoms with Gasteiger partial charge in [0.1, 0.15) is 0 Å². The minimum atomic E-state index is -0.962. The fourth-order valence-electron chi connectivity index (χ4n) is 2.94. The first-order valence-electron chi connectivity index (χ1n) is 7.83. The Morgan fingerprint density at radius 2 is 1.33 bits per heavy atom. The third kappa shape index (κ3) is 3.68. The van der Waals surface area contributed by atoms with E-state index >= 15 is 0 Å². The highest BCUT2D eigenvalue weighted by molar-refractivity contribution is 5.57. The van der Waals surface area contributed by atoms with E-state index in [1.807, 2.05) is 18.2 Å². The van der Waals surface area contributed by atoms with Gasteiger partial charge in [-0.05, 0) is 37.6 Å². The summed E-state index contributed by atoms with van der Waals surface area (Å²) in [7, 11) is 6.42. The molecule has 0 amide bonds. The Balaban J connectivity index is 2.44. The molecule has 0 aliphatic heterocycles. The summed E-state index contributed by atoms with van der Waals surface area (Å²) in [5, 5.41) is 0. The van der Waals surface area contributed by atoms with E-state index in [9.17, 15) is 0 Å². The first kappa shape index (κ1) is 18.6. The highest BCUT2D eigenvalue weighted by Gasteiger charge is 2.39. The molecule has 2 rings (SSSR count). The average molecular weight is 330 g/mol. The van der Waals surface area contributed by atoms with Crippen LogP contribution in [0.15, 0.2) is 48.1 Å². The lowest BCUT2D eigenvalue weighted by atomic mass is 9.94. The van der Waals surface area contributed by atoms with Crippen LogP contribution in [0.25, 0.3) is 6.08 Å². The van der Waals surface area contributed by atoms with E-state index in [-0.39, 0.29) is 0 Å². The fourth-order valence-corrected chi connectivity index (χ4v) is 2.94. The van der Waals surface area contributed by atoms with Crippen LogP contribution in [0.4, 0.5) is 0 Å². The number of ether oxygens (including phenoxy) is 4. The Kier molecular flexibility index (Phi) is 5.78. The maximum atomic E-state index is 5.62. The van der Waals surface area contributed by atoms with Crippen molar-refractivity contribution in [2.24, 2.45) is 0 Å². The molecule has 0 fully saturated rings. The van der Waals surface area contributed by atoms with Crippen molar-refractivity contribution in [1.82, 2.24) is 0 Å². The Labute approximate surface area is 144 Å². The molecule has 24 heavy (non-hydrogen) atoms. The lowest BCUT2D eigenvalue weighted by Gasteiger charge is -2.37. The van der Waals surface area contributed by atoms with Crippen LogP contribution in [0.5, 0.6) is 0 Å². The number of hydrogen-bond donors (Lipinski definition) is 0. The summed E-state index contributed by atoms with van der Waals surface area (Å²) in [4.78, 5) is 0. The normalized spacial score (nSPS) is 18.8. The molecule has 0 saturated heterocycles. The number of benzene rings is 1. The van der Waals surface area contributed by atoms with Gasteiger partial charge in [-0.1, -0.05) is 41.5 Å². The smallest absolute Gasteiger partial charge is 0.214 e. The third-order valence-electron chi connectivity index (χ3n) is 4.24. The van der Waals surface area contributed by atoms with Crippen LogP contribution >= 0.6 is 0 Å². The van der Waals surface area contributed by atoms with Gasteiger partial charge in [0.25, 0.3) is 0 Å². The monoisotopic (exact) mass is 330 g/mol. The molecule has 0 bridgehead atoms. The highest BCUT2D eigenvalue weighted by Crippen LogP contribution is 2.35. The molecule has 0 saturated carbocycles. The topological polar surface area (TPSA) is 36.9 Å². The van der Waals surface area contributed by atoms with Crippen LogP contribution in [0.3, 0.4) is 0 Å². The molecular weight excluding hydrogens is 304 g/mol. The Hall–Kier alpha value is -1.72. The van der Waals surface area contributed by atoms with Gasteiger partial charge in [0.15, 0.2) is 0 Å². The summed E-state index contributed by atoms with van der Waals surface area (Å²) < 4.78 is 22.2. The first-order valence-corrected chi connectivity index (χ1v) is 7.83. The van der Waals surface area contributed by atoms with Gasteiger partial charge in [0.05, 0.1) is 0 Å². The van der Waals surface area contributed by atoms with Gasteiger partial charge in [-0.25, -0.2) is 0 Å². The molecule has 0 heterocycles. The van der Waals surface area contributed by atoms with Crippen LogP contribution in [0, 0.1) is 13.8 Å². The average Bonchev–Trinajstić information content (AvgIpc) is 2.59. The Morgan fingerprint density at radius 3 is 1.83 bits per heavy atom. The molecule has 1 aromatic rings. The van der Waals surface area contributed by atoms with Crippen molar-refractivity contribution in [3.8, 4) is 0 Å². The van der Waals surface area contributed by atoms with E-state index < -0.39 is 11.6 Å². The van der Waals surface area contributed by atoms with Gasteiger partial charge >= 0.3 is 0 Å². The van der Waals surface area contributed by atoms with Gasteiger partial charge in [-0.2, -0.15) is 0 Å². The van der Waals surface area contributed by atoms with Crippen molar-refractivity contribution in [1.29, 1.82) is 0 Å². The minimum Gasteiger partial charge on any atom is -0.346 e. The molecule has 1 aliphatic rings. The molecule has 0 unspecified atom stereocenters. The maximum absolute atomic E-state index is 5.62. The second kappa shape index (κ2) is 7.45. The lowest BCUT2D eigenvalue weighted by Crippen LogP contribution is -2.41. The van der Waals surface area contributed by atoms with E-state index in [2.05, 4.69) is 32.0 Å². The van der Waals surface area contributed by atoms with E-state index in [0.29, 0.717) is 0 Å². The second-order valence-corrected chi connectivity index (χ2v) is 5.89. The van der Waals surface area contributed by atoms with Crippen LogP contribution in [-0.4, -0.2) is 40.0 Å². The largest absolute Gasteiger partial charge is 0.346 e. The fraction of sp³-hybridized carbons (Fsp3) is 0.400. The van der Waals surface area contributed by atoms with E-state index in [0.717, 1.165) is 11.1 Å². The van der Waals surface area contributed by atoms with Crippen molar-refractivity contribution < 1.29 is 18.9 Å². The molecule has 1 aliphatic carbocycles. The zero-order valence-electron chi connectivity index (χ0n) is 15.3. The molecule has 4 nitrogen and oxygen atoms in total. The zero-order chi connectivity index (χ0) is 17.8. The third-order valence-corrected chi connectivity index (χ3v) is 4.24. The van der Waals surface area contributed by atoms with Crippen LogP contribution in [0.1, 0.15) is 16.7 Å². The summed E-state index contributed by atoms with van der Waals surface area (Å²) in [5.74, 6) is -1.89. The molecule has 130 valence electrons. The molecular formula is C20H26O4. The van der Waals surface area contributed by atoms with E-state index in [1.54, 1.807) is 40.6 Å². The van der Waals surface area contributed by atoms with Crippen molar-refractivity contribution >= 4 is 6.08 Å². The zero-order valence-corrected chi connectivity index (χ0v) is 15.3. The van der Waals surface area contributed by atoms with Crippen molar-refractivity contribution in [2.45, 2.75) is 25.4 Å². The second-order valence-electron chi connectivity index (χ2n) is 5.89. The molecule has 0 atom stereocenters. The van der Waals surface area contributed by atoms with Crippen molar-refractivity contribution in [2.75, 3.05) is 28.4 Å². The van der Waals surface area contributed by atoms with Crippen LogP contribution in [0.2, 0.25) is 0 Å². The summed E-state index contributed by atoms with van der Waals surface area (Å²) in [6.45, 7) is 4.17. The van der Waals surface area contributed by atoms with Crippen molar-refractivity contribution in [3.05, 3.63) is 64.8 Å². The predicted molar refractivity (Wildman–Crippen MR) is 95.7 cm³/mol. The number of methoxy groups -OCH3 is 4. The van der Waals surface area contributed by atoms with Gasteiger partial charge in [-0.15, -0.1) is 0 Å². The molecule has 1 aromatic carbocycles. The summed E-state index contributed by atoms with van der Waals surface area (Å²) in [6, 6.07) is 6.41. The van der Waals surface area contributed by atoms with E-state index in [4.69, 9.17) is 18.9 Å². The van der Waals surface area contributed by atoms with Gasteiger partial charge in [-0.3, -0.25) is 0 Å². The molecule has 0 radical (unpaired) electrons.